The molecule has 18 heavy (non-hydrogen) atoms. The second kappa shape index (κ2) is 5.61. The van der Waals surface area contributed by atoms with Gasteiger partial charge in [0.05, 0.1) is 12.2 Å². The second-order valence-electron chi connectivity index (χ2n) is 3.97. The highest BCUT2D eigenvalue weighted by Crippen LogP contribution is 2.17. The monoisotopic (exact) mass is 252 g/mol. The second-order valence-corrected chi connectivity index (χ2v) is 3.97. The minimum Gasteiger partial charge on any atom is -0.347 e. The highest BCUT2D eigenvalue weighted by Gasteiger charge is 2.23. The molecular weight excluding hydrogens is 236 g/mol. The summed E-state index contributed by atoms with van der Waals surface area (Å²) in [5.74, 6) is -0.883. The molecule has 0 aliphatic carbocycles. The Labute approximate surface area is 104 Å². The Bertz CT molecular complexity index is 439. The summed E-state index contributed by atoms with van der Waals surface area (Å²) in [6.07, 6.45) is 1.59. The van der Waals surface area contributed by atoms with E-state index in [2.05, 4.69) is 21.0 Å². The third kappa shape index (κ3) is 2.66. The number of amides is 2. The zero-order valence-electron chi connectivity index (χ0n) is 9.85. The van der Waals surface area contributed by atoms with Crippen molar-refractivity contribution in [3.8, 4) is 0 Å². The lowest BCUT2D eigenvalue weighted by molar-refractivity contribution is -0.136. The number of anilines is 1. The fourth-order valence-electron chi connectivity index (χ4n) is 1.59. The van der Waals surface area contributed by atoms with Crippen LogP contribution in [0, 0.1) is 0 Å². The van der Waals surface area contributed by atoms with Crippen molar-refractivity contribution in [2.24, 2.45) is 5.73 Å². The molecule has 2 rings (SSSR count). The molecule has 1 aliphatic heterocycles. The van der Waals surface area contributed by atoms with Crippen LogP contribution in [0.2, 0.25) is 0 Å². The summed E-state index contributed by atoms with van der Waals surface area (Å²) in [5.41, 5.74) is 5.23. The first-order valence-corrected chi connectivity index (χ1v) is 5.76. The molecule has 0 radical (unpaired) electrons. The standard InChI is InChI=1S/C10H16N6O2/c11-2-4-13-9(17)10(18)15-8-1-3-14-16(8)7-5-12-6-7/h1,3,7,12H,2,4-6,11H2,(H,13,17)(H,15,18). The predicted octanol–water partition coefficient (Wildman–Crippen LogP) is -1.96. The zero-order valence-corrected chi connectivity index (χ0v) is 9.85. The maximum Gasteiger partial charge on any atom is 0.314 e. The number of hydrogen-bond donors (Lipinski definition) is 4. The van der Waals surface area contributed by atoms with Gasteiger partial charge in [-0.3, -0.25) is 9.59 Å². The van der Waals surface area contributed by atoms with Gasteiger partial charge in [-0.15, -0.1) is 0 Å². The van der Waals surface area contributed by atoms with E-state index in [0.717, 1.165) is 13.1 Å². The van der Waals surface area contributed by atoms with Gasteiger partial charge in [0.2, 0.25) is 0 Å². The van der Waals surface area contributed by atoms with Gasteiger partial charge < -0.3 is 21.7 Å². The molecular formula is C10H16N6O2. The van der Waals surface area contributed by atoms with Crippen molar-refractivity contribution in [3.63, 3.8) is 0 Å². The molecule has 1 fully saturated rings. The number of carbonyl (C=O) groups is 2. The van der Waals surface area contributed by atoms with Crippen molar-refractivity contribution in [2.75, 3.05) is 31.5 Å². The van der Waals surface area contributed by atoms with Gasteiger partial charge in [0, 0.05) is 32.2 Å². The van der Waals surface area contributed by atoms with Crippen molar-refractivity contribution >= 4 is 17.6 Å². The van der Waals surface area contributed by atoms with E-state index < -0.39 is 11.8 Å². The van der Waals surface area contributed by atoms with E-state index in [4.69, 9.17) is 5.73 Å². The molecule has 0 saturated carbocycles. The third-order valence-corrected chi connectivity index (χ3v) is 2.65. The smallest absolute Gasteiger partial charge is 0.314 e. The summed E-state index contributed by atoms with van der Waals surface area (Å²) in [5, 5.41) is 12.2. The van der Waals surface area contributed by atoms with E-state index in [1.54, 1.807) is 16.9 Å². The van der Waals surface area contributed by atoms with Crippen molar-refractivity contribution in [1.29, 1.82) is 0 Å². The lowest BCUT2D eigenvalue weighted by atomic mass is 10.2. The quantitative estimate of drug-likeness (QED) is 0.465. The summed E-state index contributed by atoms with van der Waals surface area (Å²) >= 11 is 0. The Hall–Kier alpha value is -1.93. The number of aromatic nitrogens is 2. The molecule has 0 unspecified atom stereocenters. The summed E-state index contributed by atoms with van der Waals surface area (Å²) in [4.78, 5) is 22.9. The van der Waals surface area contributed by atoms with Gasteiger partial charge in [-0.2, -0.15) is 5.10 Å². The van der Waals surface area contributed by atoms with Gasteiger partial charge in [-0.05, 0) is 0 Å². The van der Waals surface area contributed by atoms with Crippen LogP contribution < -0.4 is 21.7 Å². The Morgan fingerprint density at radius 3 is 2.89 bits per heavy atom. The average Bonchev–Trinajstić information content (AvgIpc) is 2.72. The number of rotatable bonds is 4. The number of nitrogens with one attached hydrogen (secondary N) is 3. The largest absolute Gasteiger partial charge is 0.347 e. The fourth-order valence-corrected chi connectivity index (χ4v) is 1.59. The van der Waals surface area contributed by atoms with E-state index in [1.165, 1.54) is 0 Å². The van der Waals surface area contributed by atoms with Gasteiger partial charge in [-0.25, -0.2) is 4.68 Å². The van der Waals surface area contributed by atoms with Crippen molar-refractivity contribution in [3.05, 3.63) is 12.3 Å². The number of carbonyl (C=O) groups excluding carboxylic acids is 2. The number of hydrogen-bond acceptors (Lipinski definition) is 5. The van der Waals surface area contributed by atoms with Crippen LogP contribution in [0.5, 0.6) is 0 Å². The molecule has 2 heterocycles. The highest BCUT2D eigenvalue weighted by molar-refractivity contribution is 6.39. The van der Waals surface area contributed by atoms with Gasteiger partial charge in [0.25, 0.3) is 0 Å². The molecule has 1 saturated heterocycles. The minimum atomic E-state index is -0.711. The average molecular weight is 252 g/mol. The molecule has 8 nitrogen and oxygen atoms in total. The molecule has 0 aromatic carbocycles. The number of nitrogens with zero attached hydrogens (tertiary/aromatic N) is 2. The molecule has 98 valence electrons. The van der Waals surface area contributed by atoms with Gasteiger partial charge in [0.1, 0.15) is 5.82 Å². The molecule has 0 atom stereocenters. The maximum atomic E-state index is 11.6. The summed E-state index contributed by atoms with van der Waals surface area (Å²) in [6, 6.07) is 1.88. The fraction of sp³-hybridized carbons (Fsp3) is 0.500. The third-order valence-electron chi connectivity index (χ3n) is 2.65. The molecule has 0 bridgehead atoms. The van der Waals surface area contributed by atoms with E-state index in [1.807, 2.05) is 0 Å². The lowest BCUT2D eigenvalue weighted by Gasteiger charge is -2.28. The first-order valence-electron chi connectivity index (χ1n) is 5.76. The van der Waals surface area contributed by atoms with E-state index >= 15 is 0 Å². The molecule has 0 spiro atoms. The molecule has 5 N–H and O–H groups in total. The first kappa shape index (κ1) is 12.5. The molecule has 8 heteroatoms. The van der Waals surface area contributed by atoms with Crippen LogP contribution in [0.15, 0.2) is 12.3 Å². The Balaban J connectivity index is 1.94. The van der Waals surface area contributed by atoms with Crippen LogP contribution in [0.4, 0.5) is 5.82 Å². The molecule has 1 aromatic heterocycles. The SMILES string of the molecule is NCCNC(=O)C(=O)Nc1ccnn1C1CNC1. The van der Waals surface area contributed by atoms with Gasteiger partial charge in [0.15, 0.2) is 0 Å². The van der Waals surface area contributed by atoms with Crippen LogP contribution in [-0.4, -0.2) is 47.8 Å². The van der Waals surface area contributed by atoms with Crippen molar-refractivity contribution in [1.82, 2.24) is 20.4 Å². The Kier molecular flexibility index (Phi) is 3.90. The van der Waals surface area contributed by atoms with Gasteiger partial charge >= 0.3 is 11.8 Å². The minimum absolute atomic E-state index is 0.224. The van der Waals surface area contributed by atoms with Crippen LogP contribution in [0.25, 0.3) is 0 Å². The topological polar surface area (TPSA) is 114 Å². The van der Waals surface area contributed by atoms with Crippen molar-refractivity contribution < 1.29 is 9.59 Å². The molecule has 2 amide bonds. The van der Waals surface area contributed by atoms with Crippen LogP contribution >= 0.6 is 0 Å². The maximum absolute atomic E-state index is 11.6. The Morgan fingerprint density at radius 1 is 1.50 bits per heavy atom. The molecule has 1 aliphatic rings. The lowest BCUT2D eigenvalue weighted by Crippen LogP contribution is -2.44. The van der Waals surface area contributed by atoms with Crippen LogP contribution in [0.1, 0.15) is 6.04 Å². The van der Waals surface area contributed by atoms with Gasteiger partial charge in [-0.1, -0.05) is 0 Å². The Morgan fingerprint density at radius 2 is 2.28 bits per heavy atom. The normalized spacial score (nSPS) is 14.9. The summed E-state index contributed by atoms with van der Waals surface area (Å²) < 4.78 is 1.70. The predicted molar refractivity (Wildman–Crippen MR) is 64.8 cm³/mol. The zero-order chi connectivity index (χ0) is 13.0. The van der Waals surface area contributed by atoms with E-state index in [9.17, 15) is 9.59 Å². The summed E-state index contributed by atoms with van der Waals surface area (Å²) in [7, 11) is 0. The first-order chi connectivity index (χ1) is 8.72. The number of nitrogens with two attached hydrogens (primary N) is 1. The van der Waals surface area contributed by atoms with Crippen molar-refractivity contribution in [2.45, 2.75) is 6.04 Å². The van der Waals surface area contributed by atoms with E-state index in [-0.39, 0.29) is 12.6 Å². The molecule has 1 aromatic rings. The van der Waals surface area contributed by atoms with Crippen LogP contribution in [-0.2, 0) is 9.59 Å². The van der Waals surface area contributed by atoms with Crippen LogP contribution in [0.3, 0.4) is 0 Å². The highest BCUT2D eigenvalue weighted by atomic mass is 16.2. The van der Waals surface area contributed by atoms with E-state index in [0.29, 0.717) is 12.4 Å². The summed E-state index contributed by atoms with van der Waals surface area (Å²) in [6.45, 7) is 2.19.